The van der Waals surface area contributed by atoms with Crippen molar-refractivity contribution in [3.8, 4) is 11.3 Å². The molecule has 0 radical (unpaired) electrons. The van der Waals surface area contributed by atoms with E-state index in [0.29, 0.717) is 5.01 Å². The number of halogens is 3. The van der Waals surface area contributed by atoms with Crippen molar-refractivity contribution in [2.75, 3.05) is 11.4 Å². The highest BCUT2D eigenvalue weighted by molar-refractivity contribution is 9.10. The van der Waals surface area contributed by atoms with Gasteiger partial charge in [-0.15, -0.1) is 11.3 Å². The second-order valence-corrected chi connectivity index (χ2v) is 7.67. The highest BCUT2D eigenvalue weighted by Gasteiger charge is 2.32. The minimum absolute atomic E-state index is 0.0349. The predicted molar refractivity (Wildman–Crippen MR) is 106 cm³/mol. The van der Waals surface area contributed by atoms with E-state index < -0.39 is 11.6 Å². The molecule has 0 aliphatic carbocycles. The van der Waals surface area contributed by atoms with E-state index in [2.05, 4.69) is 20.9 Å². The molecular formula is C19H12BrF2N3OS. The Balaban J connectivity index is 1.65. The zero-order chi connectivity index (χ0) is 19.1. The number of benzene rings is 2. The van der Waals surface area contributed by atoms with Crippen molar-refractivity contribution in [3.63, 3.8) is 0 Å². The number of nitrogens with zero attached hydrogens (tertiary/aromatic N) is 2. The first kappa shape index (κ1) is 17.8. The van der Waals surface area contributed by atoms with Crippen LogP contribution in [0.3, 0.4) is 0 Å². The molecule has 2 heterocycles. The smallest absolute Gasteiger partial charge is 0.149 e. The number of aromatic nitrogens is 1. The highest BCUT2D eigenvalue weighted by atomic mass is 79.9. The molecule has 2 N–H and O–H groups in total. The van der Waals surface area contributed by atoms with Crippen molar-refractivity contribution in [2.24, 2.45) is 0 Å². The molecule has 0 unspecified atom stereocenters. The molecule has 27 heavy (non-hydrogen) atoms. The number of anilines is 1. The highest BCUT2D eigenvalue weighted by Crippen LogP contribution is 2.35. The number of rotatable bonds is 3. The molecule has 1 aromatic heterocycles. The number of aliphatic hydroxyl groups is 1. The van der Waals surface area contributed by atoms with Gasteiger partial charge in [-0.05, 0) is 24.3 Å². The lowest BCUT2D eigenvalue weighted by atomic mass is 10.2. The number of hydrogen-bond acceptors (Lipinski definition) is 4. The van der Waals surface area contributed by atoms with Crippen molar-refractivity contribution in [1.29, 1.82) is 5.41 Å². The third-order valence-electron chi connectivity index (χ3n) is 4.16. The largest absolute Gasteiger partial charge is 0.510 e. The van der Waals surface area contributed by atoms with Gasteiger partial charge in [-0.2, -0.15) is 0 Å². The molecule has 1 aliphatic rings. The first-order chi connectivity index (χ1) is 12.9. The van der Waals surface area contributed by atoms with E-state index in [-0.39, 0.29) is 29.4 Å². The molecule has 2 aromatic carbocycles. The van der Waals surface area contributed by atoms with E-state index in [0.717, 1.165) is 27.9 Å². The Morgan fingerprint density at radius 3 is 2.59 bits per heavy atom. The van der Waals surface area contributed by atoms with Crippen LogP contribution in [0.15, 0.2) is 58.1 Å². The number of aliphatic hydroxyl groups excluding tert-OH is 1. The van der Waals surface area contributed by atoms with Gasteiger partial charge in [0.1, 0.15) is 28.2 Å². The molecule has 0 bridgehead atoms. The summed E-state index contributed by atoms with van der Waals surface area (Å²) in [6.07, 6.45) is 0. The Morgan fingerprint density at radius 2 is 1.89 bits per heavy atom. The molecule has 136 valence electrons. The van der Waals surface area contributed by atoms with Crippen molar-refractivity contribution < 1.29 is 13.9 Å². The molecule has 0 spiro atoms. The van der Waals surface area contributed by atoms with Crippen LogP contribution in [0.25, 0.3) is 16.8 Å². The predicted octanol–water partition coefficient (Wildman–Crippen LogP) is 5.62. The summed E-state index contributed by atoms with van der Waals surface area (Å²) in [6, 6.07) is 10.8. The SMILES string of the molecule is N=C1C(c2nc(-c3ccc(Br)cc3)cs2)=C(O)CN1c1ccc(F)cc1F. The quantitative estimate of drug-likeness (QED) is 0.547. The Morgan fingerprint density at radius 1 is 1.15 bits per heavy atom. The Bertz CT molecular complexity index is 1080. The fourth-order valence-electron chi connectivity index (χ4n) is 2.85. The fraction of sp³-hybridized carbons (Fsp3) is 0.0526. The second kappa shape index (κ2) is 6.86. The van der Waals surface area contributed by atoms with E-state index in [1.165, 1.54) is 22.3 Å². The van der Waals surface area contributed by atoms with Crippen LogP contribution in [0, 0.1) is 17.0 Å². The van der Waals surface area contributed by atoms with Gasteiger partial charge in [0.15, 0.2) is 0 Å². The summed E-state index contributed by atoms with van der Waals surface area (Å²) in [6.45, 7) is -0.0656. The lowest BCUT2D eigenvalue weighted by molar-refractivity contribution is 0.411. The van der Waals surface area contributed by atoms with Crippen LogP contribution < -0.4 is 4.90 Å². The topological polar surface area (TPSA) is 60.2 Å². The van der Waals surface area contributed by atoms with Gasteiger partial charge >= 0.3 is 0 Å². The summed E-state index contributed by atoms with van der Waals surface area (Å²) in [5, 5.41) is 21.0. The van der Waals surface area contributed by atoms with E-state index in [4.69, 9.17) is 5.41 Å². The van der Waals surface area contributed by atoms with Gasteiger partial charge in [0.05, 0.1) is 23.5 Å². The van der Waals surface area contributed by atoms with Gasteiger partial charge in [-0.3, -0.25) is 5.41 Å². The van der Waals surface area contributed by atoms with E-state index >= 15 is 0 Å². The van der Waals surface area contributed by atoms with Crippen molar-refractivity contribution >= 4 is 44.4 Å². The molecule has 4 nitrogen and oxygen atoms in total. The van der Waals surface area contributed by atoms with E-state index in [1.54, 1.807) is 0 Å². The van der Waals surface area contributed by atoms with Crippen LogP contribution in [0.4, 0.5) is 14.5 Å². The average molecular weight is 448 g/mol. The summed E-state index contributed by atoms with van der Waals surface area (Å²) in [5.74, 6) is -1.63. The summed E-state index contributed by atoms with van der Waals surface area (Å²) in [7, 11) is 0. The second-order valence-electron chi connectivity index (χ2n) is 5.90. The maximum atomic E-state index is 14.1. The zero-order valence-corrected chi connectivity index (χ0v) is 16.1. The maximum Gasteiger partial charge on any atom is 0.149 e. The van der Waals surface area contributed by atoms with Gasteiger partial charge in [0.2, 0.25) is 0 Å². The van der Waals surface area contributed by atoms with Crippen molar-refractivity contribution in [2.45, 2.75) is 0 Å². The molecule has 0 amide bonds. The van der Waals surface area contributed by atoms with E-state index in [9.17, 15) is 13.9 Å². The minimum Gasteiger partial charge on any atom is -0.510 e. The zero-order valence-electron chi connectivity index (χ0n) is 13.7. The average Bonchev–Trinajstić information content (AvgIpc) is 3.20. The first-order valence-corrected chi connectivity index (χ1v) is 9.57. The van der Waals surface area contributed by atoms with Crippen molar-refractivity contribution in [1.82, 2.24) is 4.98 Å². The van der Waals surface area contributed by atoms with Crippen LogP contribution in [0.5, 0.6) is 0 Å². The van der Waals surface area contributed by atoms with Crippen molar-refractivity contribution in [3.05, 3.63) is 74.7 Å². The Kier molecular flexibility index (Phi) is 4.53. The number of amidine groups is 1. The van der Waals surface area contributed by atoms with Crippen LogP contribution in [0.2, 0.25) is 0 Å². The fourth-order valence-corrected chi connectivity index (χ4v) is 4.01. The number of nitrogens with one attached hydrogen (secondary N) is 1. The molecule has 0 atom stereocenters. The first-order valence-electron chi connectivity index (χ1n) is 7.89. The van der Waals surface area contributed by atoms with Crippen LogP contribution in [-0.4, -0.2) is 22.5 Å². The summed E-state index contributed by atoms with van der Waals surface area (Å²) >= 11 is 4.68. The summed E-state index contributed by atoms with van der Waals surface area (Å²) in [5.41, 5.74) is 1.92. The number of hydrogen-bond donors (Lipinski definition) is 2. The molecule has 3 aromatic rings. The molecule has 8 heteroatoms. The normalized spacial score (nSPS) is 14.3. The third-order valence-corrected chi connectivity index (χ3v) is 5.55. The van der Waals surface area contributed by atoms with Gasteiger partial charge in [0, 0.05) is 21.5 Å². The van der Waals surface area contributed by atoms with Gasteiger partial charge in [-0.25, -0.2) is 13.8 Å². The van der Waals surface area contributed by atoms with Gasteiger partial charge in [-0.1, -0.05) is 28.1 Å². The third kappa shape index (κ3) is 3.26. The minimum atomic E-state index is -0.788. The summed E-state index contributed by atoms with van der Waals surface area (Å²) in [4.78, 5) is 5.81. The molecule has 4 rings (SSSR count). The van der Waals surface area contributed by atoms with E-state index in [1.807, 2.05) is 29.6 Å². The molecular weight excluding hydrogens is 436 g/mol. The van der Waals surface area contributed by atoms with Crippen LogP contribution in [-0.2, 0) is 0 Å². The molecule has 0 saturated heterocycles. The van der Waals surface area contributed by atoms with Crippen LogP contribution >= 0.6 is 27.3 Å². The maximum absolute atomic E-state index is 14.1. The molecule has 0 fully saturated rings. The standard InChI is InChI=1S/C19H12BrF2N3OS/c20-11-3-1-10(2-4-11)14-9-27-19(24-14)17-16(26)8-25(18(17)23)15-6-5-12(21)7-13(15)22/h1-7,9,23,26H,8H2. The number of thiazole rings is 1. The molecule has 1 aliphatic heterocycles. The Labute approximate surface area is 166 Å². The molecule has 0 saturated carbocycles. The lowest BCUT2D eigenvalue weighted by Crippen LogP contribution is -2.27. The lowest BCUT2D eigenvalue weighted by Gasteiger charge is -2.19. The summed E-state index contributed by atoms with van der Waals surface area (Å²) < 4.78 is 28.2. The van der Waals surface area contributed by atoms with Gasteiger partial charge in [0.25, 0.3) is 0 Å². The Hall–Kier alpha value is -2.58. The van der Waals surface area contributed by atoms with Gasteiger partial charge < -0.3 is 10.0 Å². The van der Waals surface area contributed by atoms with Crippen LogP contribution in [0.1, 0.15) is 5.01 Å². The monoisotopic (exact) mass is 447 g/mol.